The SMILES string of the molecule is COc1ccccc1CCC(=O)Oc1ccc(C(=O)c2ccccc2)cc1. The molecule has 0 atom stereocenters. The van der Waals surface area contributed by atoms with Gasteiger partial charge in [-0.1, -0.05) is 48.5 Å². The van der Waals surface area contributed by atoms with Crippen LogP contribution in [0.25, 0.3) is 0 Å². The molecule has 0 saturated carbocycles. The first kappa shape index (κ1) is 18.4. The molecule has 0 aliphatic heterocycles. The second-order valence-corrected chi connectivity index (χ2v) is 6.01. The Balaban J connectivity index is 1.58. The number of methoxy groups -OCH3 is 1. The molecule has 0 spiro atoms. The summed E-state index contributed by atoms with van der Waals surface area (Å²) >= 11 is 0. The second-order valence-electron chi connectivity index (χ2n) is 6.01. The number of esters is 1. The maximum absolute atomic E-state index is 12.4. The number of carbonyl (C=O) groups is 2. The monoisotopic (exact) mass is 360 g/mol. The van der Waals surface area contributed by atoms with Gasteiger partial charge in [-0.25, -0.2) is 0 Å². The minimum Gasteiger partial charge on any atom is -0.496 e. The van der Waals surface area contributed by atoms with Crippen LogP contribution in [0, 0.1) is 0 Å². The highest BCUT2D eigenvalue weighted by Crippen LogP contribution is 2.20. The first-order valence-electron chi connectivity index (χ1n) is 8.70. The summed E-state index contributed by atoms with van der Waals surface area (Å²) in [7, 11) is 1.61. The molecular formula is C23H20O4. The van der Waals surface area contributed by atoms with Crippen molar-refractivity contribution in [1.29, 1.82) is 0 Å². The number of hydrogen-bond acceptors (Lipinski definition) is 4. The van der Waals surface area contributed by atoms with Gasteiger partial charge in [0, 0.05) is 11.1 Å². The summed E-state index contributed by atoms with van der Waals surface area (Å²) in [6, 6.07) is 23.2. The van der Waals surface area contributed by atoms with E-state index < -0.39 is 0 Å². The lowest BCUT2D eigenvalue weighted by atomic mass is 10.0. The Morgan fingerprint density at radius 1 is 0.778 bits per heavy atom. The molecule has 3 rings (SSSR count). The summed E-state index contributed by atoms with van der Waals surface area (Å²) in [4.78, 5) is 24.5. The van der Waals surface area contributed by atoms with E-state index in [0.29, 0.717) is 23.3 Å². The predicted octanol–water partition coefficient (Wildman–Crippen LogP) is 4.46. The van der Waals surface area contributed by atoms with E-state index in [9.17, 15) is 9.59 Å². The Labute approximate surface area is 158 Å². The van der Waals surface area contributed by atoms with Crippen LogP contribution in [0.15, 0.2) is 78.9 Å². The highest BCUT2D eigenvalue weighted by molar-refractivity contribution is 6.09. The van der Waals surface area contributed by atoms with Gasteiger partial charge in [-0.05, 0) is 42.3 Å². The normalized spacial score (nSPS) is 10.3. The van der Waals surface area contributed by atoms with E-state index in [4.69, 9.17) is 9.47 Å². The second kappa shape index (κ2) is 8.81. The zero-order valence-electron chi connectivity index (χ0n) is 15.1. The number of carbonyl (C=O) groups excluding carboxylic acids is 2. The summed E-state index contributed by atoms with van der Waals surface area (Å²) in [5.41, 5.74) is 2.13. The highest BCUT2D eigenvalue weighted by atomic mass is 16.5. The summed E-state index contributed by atoms with van der Waals surface area (Å²) in [5, 5.41) is 0. The molecule has 0 amide bonds. The van der Waals surface area contributed by atoms with Crippen molar-refractivity contribution in [3.63, 3.8) is 0 Å². The topological polar surface area (TPSA) is 52.6 Å². The van der Waals surface area contributed by atoms with Crippen LogP contribution < -0.4 is 9.47 Å². The fourth-order valence-electron chi connectivity index (χ4n) is 2.76. The molecule has 0 aliphatic rings. The molecule has 3 aromatic carbocycles. The van der Waals surface area contributed by atoms with Crippen molar-refractivity contribution < 1.29 is 19.1 Å². The summed E-state index contributed by atoms with van der Waals surface area (Å²) in [6.45, 7) is 0. The van der Waals surface area contributed by atoms with Crippen molar-refractivity contribution in [3.05, 3.63) is 95.6 Å². The van der Waals surface area contributed by atoms with Gasteiger partial charge in [-0.3, -0.25) is 9.59 Å². The molecule has 0 unspecified atom stereocenters. The molecule has 0 fully saturated rings. The van der Waals surface area contributed by atoms with Gasteiger partial charge in [0.1, 0.15) is 11.5 Å². The van der Waals surface area contributed by atoms with E-state index >= 15 is 0 Å². The molecule has 3 aromatic rings. The fraction of sp³-hybridized carbons (Fsp3) is 0.130. The molecule has 0 radical (unpaired) electrons. The van der Waals surface area contributed by atoms with Crippen LogP contribution in [0.2, 0.25) is 0 Å². The smallest absolute Gasteiger partial charge is 0.311 e. The van der Waals surface area contributed by atoms with Crippen LogP contribution in [-0.2, 0) is 11.2 Å². The number of benzene rings is 3. The van der Waals surface area contributed by atoms with Crippen LogP contribution >= 0.6 is 0 Å². The Hall–Kier alpha value is -3.40. The Morgan fingerprint density at radius 3 is 2.11 bits per heavy atom. The van der Waals surface area contributed by atoms with Gasteiger partial charge >= 0.3 is 5.97 Å². The number of ether oxygens (including phenoxy) is 2. The van der Waals surface area contributed by atoms with Crippen LogP contribution in [0.5, 0.6) is 11.5 Å². The molecule has 0 saturated heterocycles. The lowest BCUT2D eigenvalue weighted by Gasteiger charge is -2.08. The van der Waals surface area contributed by atoms with Crippen molar-refractivity contribution in [2.75, 3.05) is 7.11 Å². The maximum atomic E-state index is 12.4. The molecular weight excluding hydrogens is 340 g/mol. The first-order chi connectivity index (χ1) is 13.2. The van der Waals surface area contributed by atoms with Crippen LogP contribution in [0.4, 0.5) is 0 Å². The van der Waals surface area contributed by atoms with Gasteiger partial charge < -0.3 is 9.47 Å². The van der Waals surface area contributed by atoms with E-state index in [1.807, 2.05) is 42.5 Å². The first-order valence-corrected chi connectivity index (χ1v) is 8.70. The molecule has 0 heterocycles. The zero-order valence-corrected chi connectivity index (χ0v) is 15.1. The maximum Gasteiger partial charge on any atom is 0.311 e. The van der Waals surface area contributed by atoms with Crippen LogP contribution in [0.1, 0.15) is 27.9 Å². The van der Waals surface area contributed by atoms with Gasteiger partial charge in [0.2, 0.25) is 0 Å². The molecule has 0 N–H and O–H groups in total. The third-order valence-electron chi connectivity index (χ3n) is 4.18. The van der Waals surface area contributed by atoms with Gasteiger partial charge in [0.15, 0.2) is 5.78 Å². The zero-order chi connectivity index (χ0) is 19.1. The third-order valence-corrected chi connectivity index (χ3v) is 4.18. The lowest BCUT2D eigenvalue weighted by molar-refractivity contribution is -0.134. The Morgan fingerprint density at radius 2 is 1.41 bits per heavy atom. The minimum atomic E-state index is -0.331. The van der Waals surface area contributed by atoms with Crippen LogP contribution in [-0.4, -0.2) is 18.9 Å². The molecule has 0 bridgehead atoms. The quantitative estimate of drug-likeness (QED) is 0.354. The predicted molar refractivity (Wildman–Crippen MR) is 103 cm³/mol. The largest absolute Gasteiger partial charge is 0.496 e. The van der Waals surface area contributed by atoms with Gasteiger partial charge in [-0.2, -0.15) is 0 Å². The number of para-hydroxylation sites is 1. The molecule has 4 heteroatoms. The Bertz CT molecular complexity index is 915. The van der Waals surface area contributed by atoms with Crippen molar-refractivity contribution >= 4 is 11.8 Å². The van der Waals surface area contributed by atoms with Gasteiger partial charge in [0.05, 0.1) is 13.5 Å². The lowest BCUT2D eigenvalue weighted by Crippen LogP contribution is -2.09. The third kappa shape index (κ3) is 4.82. The van der Waals surface area contributed by atoms with Crippen LogP contribution in [0.3, 0.4) is 0 Å². The van der Waals surface area contributed by atoms with E-state index in [2.05, 4.69) is 0 Å². The van der Waals surface area contributed by atoms with Crippen molar-refractivity contribution in [2.24, 2.45) is 0 Å². The molecule has 27 heavy (non-hydrogen) atoms. The van der Waals surface area contributed by atoms with Gasteiger partial charge in [-0.15, -0.1) is 0 Å². The molecule has 4 nitrogen and oxygen atoms in total. The fourth-order valence-corrected chi connectivity index (χ4v) is 2.76. The number of aryl methyl sites for hydroxylation is 1. The summed E-state index contributed by atoms with van der Waals surface area (Å²) in [6.07, 6.45) is 0.776. The average Bonchev–Trinajstić information content (AvgIpc) is 2.73. The van der Waals surface area contributed by atoms with E-state index in [1.54, 1.807) is 43.5 Å². The van der Waals surface area contributed by atoms with Gasteiger partial charge in [0.25, 0.3) is 0 Å². The number of rotatable bonds is 7. The van der Waals surface area contributed by atoms with Crippen molar-refractivity contribution in [3.8, 4) is 11.5 Å². The molecule has 136 valence electrons. The summed E-state index contributed by atoms with van der Waals surface area (Å²) < 4.78 is 10.6. The Kier molecular flexibility index (Phi) is 6.00. The standard InChI is InChI=1S/C23H20O4/c1-26-21-10-6-5-7-17(21)13-16-22(24)27-20-14-11-19(12-15-20)23(25)18-8-3-2-4-9-18/h2-12,14-15H,13,16H2,1H3. The summed E-state index contributed by atoms with van der Waals surface area (Å²) in [5.74, 6) is 0.784. The average molecular weight is 360 g/mol. The van der Waals surface area contributed by atoms with Crippen molar-refractivity contribution in [1.82, 2.24) is 0 Å². The van der Waals surface area contributed by atoms with Crippen molar-refractivity contribution in [2.45, 2.75) is 12.8 Å². The van der Waals surface area contributed by atoms with E-state index in [0.717, 1.165) is 11.3 Å². The molecule has 0 aliphatic carbocycles. The number of hydrogen-bond donors (Lipinski definition) is 0. The highest BCUT2D eigenvalue weighted by Gasteiger charge is 2.11. The van der Waals surface area contributed by atoms with E-state index in [-0.39, 0.29) is 18.2 Å². The number of ketones is 1. The molecule has 0 aromatic heterocycles. The minimum absolute atomic E-state index is 0.0651. The van der Waals surface area contributed by atoms with E-state index in [1.165, 1.54) is 0 Å².